The van der Waals surface area contributed by atoms with Gasteiger partial charge in [0, 0.05) is 22.7 Å². The van der Waals surface area contributed by atoms with Gasteiger partial charge in [-0.2, -0.15) is 0 Å². The van der Waals surface area contributed by atoms with E-state index in [0.29, 0.717) is 35.2 Å². The molecule has 2 aromatic carbocycles. The molecule has 8 heteroatoms. The van der Waals surface area contributed by atoms with Crippen molar-refractivity contribution in [3.05, 3.63) is 52.0 Å². The number of ketones is 1. The largest absolute Gasteiger partial charge is 0.508 e. The van der Waals surface area contributed by atoms with Crippen molar-refractivity contribution in [1.82, 2.24) is 0 Å². The van der Waals surface area contributed by atoms with Crippen LogP contribution in [0.3, 0.4) is 0 Å². The van der Waals surface area contributed by atoms with E-state index < -0.39 is 23.8 Å². The molecule has 0 heterocycles. The van der Waals surface area contributed by atoms with Gasteiger partial charge in [0.1, 0.15) is 17.2 Å². The number of phenols is 2. The molecule has 0 aliphatic carbocycles. The van der Waals surface area contributed by atoms with Gasteiger partial charge < -0.3 is 19.7 Å². The number of carbonyl (C=O) groups excluding carboxylic acids is 2. The van der Waals surface area contributed by atoms with Crippen LogP contribution in [0.15, 0.2) is 36.4 Å². The van der Waals surface area contributed by atoms with Crippen molar-refractivity contribution in [3.63, 3.8) is 0 Å². The lowest BCUT2D eigenvalue weighted by Crippen LogP contribution is -2.29. The second kappa shape index (κ2) is 9.85. The molecule has 0 saturated carbocycles. The summed E-state index contributed by atoms with van der Waals surface area (Å²) in [4.78, 5) is 24.5. The van der Waals surface area contributed by atoms with E-state index in [0.717, 1.165) is 6.07 Å². The van der Waals surface area contributed by atoms with Crippen LogP contribution >= 0.6 is 23.2 Å². The van der Waals surface area contributed by atoms with Gasteiger partial charge in [-0.1, -0.05) is 23.2 Å². The molecule has 0 fully saturated rings. The molecule has 0 radical (unpaired) electrons. The van der Waals surface area contributed by atoms with Crippen LogP contribution < -0.4 is 4.74 Å². The van der Waals surface area contributed by atoms with Gasteiger partial charge >= 0.3 is 5.97 Å². The van der Waals surface area contributed by atoms with E-state index in [1.165, 1.54) is 12.1 Å². The van der Waals surface area contributed by atoms with Crippen LogP contribution in [0.25, 0.3) is 0 Å². The monoisotopic (exact) mass is 440 g/mol. The molecule has 0 spiro atoms. The number of ether oxygens (including phenoxy) is 2. The molecule has 6 nitrogen and oxygen atoms in total. The van der Waals surface area contributed by atoms with Gasteiger partial charge in [0.2, 0.25) is 5.78 Å². The third-order valence-corrected chi connectivity index (χ3v) is 4.76. The maximum Gasteiger partial charge on any atom is 0.311 e. The van der Waals surface area contributed by atoms with Gasteiger partial charge in [0.05, 0.1) is 17.0 Å². The van der Waals surface area contributed by atoms with Crippen molar-refractivity contribution in [3.8, 4) is 17.2 Å². The lowest BCUT2D eigenvalue weighted by atomic mass is 9.88. The number of carbonyl (C=O) groups is 2. The maximum absolute atomic E-state index is 12.3. The summed E-state index contributed by atoms with van der Waals surface area (Å²) in [7, 11) is 0. The predicted molar refractivity (Wildman–Crippen MR) is 110 cm³/mol. The van der Waals surface area contributed by atoms with Crippen LogP contribution in [0.5, 0.6) is 17.2 Å². The van der Waals surface area contributed by atoms with Crippen LogP contribution in [0.4, 0.5) is 0 Å². The molecule has 0 aliphatic heterocycles. The van der Waals surface area contributed by atoms with Crippen molar-refractivity contribution >= 4 is 35.0 Å². The summed E-state index contributed by atoms with van der Waals surface area (Å²) in [5.41, 5.74) is -0.775. The first-order chi connectivity index (χ1) is 13.6. The van der Waals surface area contributed by atoms with Gasteiger partial charge in [0.15, 0.2) is 6.61 Å². The number of phenolic OH excluding ortho intramolecular Hbond substituents is 2. The van der Waals surface area contributed by atoms with Crippen molar-refractivity contribution in [2.24, 2.45) is 5.41 Å². The molecule has 156 valence electrons. The number of hydrogen-bond donors (Lipinski definition) is 2. The Hall–Kier alpha value is -2.44. The first kappa shape index (κ1) is 22.8. The lowest BCUT2D eigenvalue weighted by Gasteiger charge is -2.22. The summed E-state index contributed by atoms with van der Waals surface area (Å²) in [6.07, 6.45) is 1.02. The second-order valence-electron chi connectivity index (χ2n) is 7.15. The molecule has 2 aromatic rings. The van der Waals surface area contributed by atoms with Crippen molar-refractivity contribution in [2.45, 2.75) is 26.7 Å². The molecule has 0 aromatic heterocycles. The van der Waals surface area contributed by atoms with E-state index in [4.69, 9.17) is 32.7 Å². The van der Waals surface area contributed by atoms with Crippen LogP contribution in [0, 0.1) is 5.41 Å². The molecule has 0 atom stereocenters. The fraction of sp³-hybridized carbons (Fsp3) is 0.333. The highest BCUT2D eigenvalue weighted by Crippen LogP contribution is 2.29. The minimum absolute atomic E-state index is 0.0555. The second-order valence-corrected chi connectivity index (χ2v) is 7.99. The van der Waals surface area contributed by atoms with Crippen LogP contribution in [-0.4, -0.2) is 35.2 Å². The van der Waals surface area contributed by atoms with Gasteiger partial charge in [0.25, 0.3) is 0 Å². The highest BCUT2D eigenvalue weighted by atomic mass is 35.5. The summed E-state index contributed by atoms with van der Waals surface area (Å²) in [6, 6.07) is 8.41. The topological polar surface area (TPSA) is 93.1 Å². The Morgan fingerprint density at radius 1 is 1.03 bits per heavy atom. The van der Waals surface area contributed by atoms with Gasteiger partial charge in [-0.3, -0.25) is 9.59 Å². The average Bonchev–Trinajstić information content (AvgIpc) is 2.64. The molecule has 0 bridgehead atoms. The van der Waals surface area contributed by atoms with E-state index >= 15 is 0 Å². The molecule has 2 rings (SSSR count). The van der Waals surface area contributed by atoms with Crippen molar-refractivity contribution in [1.29, 1.82) is 0 Å². The van der Waals surface area contributed by atoms with Crippen LogP contribution in [0.2, 0.25) is 10.0 Å². The Balaban J connectivity index is 1.81. The van der Waals surface area contributed by atoms with E-state index in [2.05, 4.69) is 0 Å². The van der Waals surface area contributed by atoms with E-state index in [1.807, 2.05) is 0 Å². The van der Waals surface area contributed by atoms with Gasteiger partial charge in [-0.05, 0) is 51.0 Å². The average molecular weight is 441 g/mol. The zero-order valence-electron chi connectivity index (χ0n) is 16.1. The zero-order chi connectivity index (χ0) is 21.6. The normalized spacial score (nSPS) is 11.2. The Kier molecular flexibility index (Phi) is 7.76. The van der Waals surface area contributed by atoms with E-state index in [1.54, 1.807) is 32.0 Å². The number of benzene rings is 2. The van der Waals surface area contributed by atoms with E-state index in [-0.39, 0.29) is 17.1 Å². The Morgan fingerprint density at radius 3 is 2.34 bits per heavy atom. The summed E-state index contributed by atoms with van der Waals surface area (Å²) < 4.78 is 10.7. The highest BCUT2D eigenvalue weighted by molar-refractivity contribution is 6.34. The number of hydrogen-bond acceptors (Lipinski definition) is 6. The van der Waals surface area contributed by atoms with Crippen molar-refractivity contribution in [2.75, 3.05) is 13.2 Å². The minimum Gasteiger partial charge on any atom is -0.508 e. The maximum atomic E-state index is 12.3. The summed E-state index contributed by atoms with van der Waals surface area (Å²) in [5.74, 6) is -1.09. The third kappa shape index (κ3) is 6.84. The van der Waals surface area contributed by atoms with Crippen molar-refractivity contribution < 1.29 is 29.3 Å². The Bertz CT molecular complexity index is 874. The molecular formula is C21H22Cl2O6. The summed E-state index contributed by atoms with van der Waals surface area (Å²) >= 11 is 11.9. The first-order valence-electron chi connectivity index (χ1n) is 8.90. The smallest absolute Gasteiger partial charge is 0.311 e. The van der Waals surface area contributed by atoms with Gasteiger partial charge in [-0.25, -0.2) is 0 Å². The molecule has 2 N–H and O–H groups in total. The van der Waals surface area contributed by atoms with Gasteiger partial charge in [-0.15, -0.1) is 0 Å². The van der Waals surface area contributed by atoms with E-state index in [9.17, 15) is 19.8 Å². The third-order valence-electron chi connectivity index (χ3n) is 4.21. The molecule has 0 unspecified atom stereocenters. The summed E-state index contributed by atoms with van der Waals surface area (Å²) in [6.45, 7) is 3.27. The lowest BCUT2D eigenvalue weighted by molar-refractivity contribution is -0.153. The molecule has 0 saturated heterocycles. The summed E-state index contributed by atoms with van der Waals surface area (Å²) in [5, 5.41) is 19.8. The fourth-order valence-electron chi connectivity index (χ4n) is 2.55. The molecule has 0 aliphatic rings. The number of esters is 1. The number of rotatable bonds is 9. The SMILES string of the molecule is CC(C)(CCCOc1cc(Cl)ccc1Cl)C(=O)OCC(=O)c1cc(O)cc(O)c1. The molecular weight excluding hydrogens is 419 g/mol. The highest BCUT2D eigenvalue weighted by Gasteiger charge is 2.29. The minimum atomic E-state index is -0.831. The predicted octanol–water partition coefficient (Wildman–Crippen LogP) is 5.02. The number of aromatic hydroxyl groups is 2. The first-order valence-corrected chi connectivity index (χ1v) is 9.65. The molecule has 29 heavy (non-hydrogen) atoms. The zero-order valence-corrected chi connectivity index (χ0v) is 17.6. The Labute approximate surface area is 179 Å². The van der Waals surface area contributed by atoms with Crippen LogP contribution in [0.1, 0.15) is 37.0 Å². The Morgan fingerprint density at radius 2 is 1.69 bits per heavy atom. The standard InChI is InChI=1S/C21H22Cl2O6/c1-21(2,6-3-7-28-19-10-14(22)4-5-17(19)23)20(27)29-12-18(26)13-8-15(24)11-16(25)9-13/h4-5,8-11,24-25H,3,6-7,12H2,1-2H3. The quantitative estimate of drug-likeness (QED) is 0.323. The number of Topliss-reactive ketones (excluding diaryl/α,β-unsaturated/α-hetero) is 1. The fourth-order valence-corrected chi connectivity index (χ4v) is 2.89. The number of halogens is 2. The van der Waals surface area contributed by atoms with Crippen LogP contribution in [-0.2, 0) is 9.53 Å². The molecule has 0 amide bonds.